The summed E-state index contributed by atoms with van der Waals surface area (Å²) in [6.07, 6.45) is 0. The zero-order chi connectivity index (χ0) is 9.38. The number of aromatic nitrogens is 2. The molecule has 0 amide bonds. The van der Waals surface area contributed by atoms with E-state index in [1.165, 1.54) is 0 Å². The van der Waals surface area contributed by atoms with Crippen LogP contribution in [0.1, 0.15) is 0 Å². The molecule has 3 rings (SSSR count). The van der Waals surface area contributed by atoms with Crippen LogP contribution in [0.2, 0.25) is 0 Å². The second-order valence-corrected chi connectivity index (χ2v) is 3.20. The summed E-state index contributed by atoms with van der Waals surface area (Å²) in [5, 5.41) is 0. The van der Waals surface area contributed by atoms with Crippen molar-refractivity contribution in [2.75, 3.05) is 0 Å². The van der Waals surface area contributed by atoms with Gasteiger partial charge in [0.2, 0.25) is 0 Å². The summed E-state index contributed by atoms with van der Waals surface area (Å²) in [4.78, 5) is 9.03. The average Bonchev–Trinajstić information content (AvgIpc) is 2.26. The summed E-state index contributed by atoms with van der Waals surface area (Å²) in [7, 11) is 0. The Hall–Kier alpha value is -1.36. The second-order valence-electron chi connectivity index (χ2n) is 3.20. The molecule has 1 heterocycles. The second kappa shape index (κ2) is 4.02. The number of hydrogen-bond donors (Lipinski definition) is 0. The summed E-state index contributed by atoms with van der Waals surface area (Å²) in [5.41, 5.74) is 3.80. The monoisotopic (exact) mass is 188 g/mol. The van der Waals surface area contributed by atoms with Crippen LogP contribution in [0.4, 0.5) is 0 Å². The molecule has 0 radical (unpaired) electrons. The SMILES string of the molecule is [LiH].c1ccc2nc3ccccc3nc2c1. The van der Waals surface area contributed by atoms with Gasteiger partial charge < -0.3 is 0 Å². The van der Waals surface area contributed by atoms with E-state index in [9.17, 15) is 0 Å². The maximum atomic E-state index is 4.52. The zero-order valence-corrected chi connectivity index (χ0v) is 7.51. The molecule has 0 aliphatic rings. The molecule has 0 N–H and O–H groups in total. The van der Waals surface area contributed by atoms with Gasteiger partial charge in [-0.15, -0.1) is 0 Å². The minimum absolute atomic E-state index is 0. The molecule has 0 saturated carbocycles. The Bertz CT molecular complexity index is 502. The van der Waals surface area contributed by atoms with Gasteiger partial charge in [0.15, 0.2) is 0 Å². The standard InChI is InChI=1S/C12H8N2.Li.H/c1-2-6-10-9(5-1)13-11-7-3-4-8-12(11)14-10;;/h1-8H;;. The third-order valence-corrected chi connectivity index (χ3v) is 2.25. The van der Waals surface area contributed by atoms with Crippen LogP contribution in [0.5, 0.6) is 0 Å². The van der Waals surface area contributed by atoms with Crippen molar-refractivity contribution in [3.05, 3.63) is 48.5 Å². The van der Waals surface area contributed by atoms with E-state index < -0.39 is 0 Å². The summed E-state index contributed by atoms with van der Waals surface area (Å²) < 4.78 is 0. The first-order valence-corrected chi connectivity index (χ1v) is 4.55. The van der Waals surface area contributed by atoms with Crippen molar-refractivity contribution in [2.45, 2.75) is 0 Å². The maximum Gasteiger partial charge on any atom is 0.0894 e. The number of rotatable bonds is 0. The maximum absolute atomic E-state index is 4.52. The zero-order valence-electron chi connectivity index (χ0n) is 7.51. The summed E-state index contributed by atoms with van der Waals surface area (Å²) in [5.74, 6) is 0. The largest absolute Gasteiger partial charge is 0.245 e. The third kappa shape index (κ3) is 1.74. The van der Waals surface area contributed by atoms with Gasteiger partial charge in [0.05, 0.1) is 22.1 Å². The molecular weight excluding hydrogens is 179 g/mol. The fourth-order valence-corrected chi connectivity index (χ4v) is 1.57. The van der Waals surface area contributed by atoms with Gasteiger partial charge in [-0.3, -0.25) is 0 Å². The molecule has 3 heteroatoms. The van der Waals surface area contributed by atoms with Gasteiger partial charge in [0.1, 0.15) is 0 Å². The van der Waals surface area contributed by atoms with Gasteiger partial charge in [-0.1, -0.05) is 24.3 Å². The smallest absolute Gasteiger partial charge is 0.0894 e. The molecule has 0 bridgehead atoms. The molecule has 2 aromatic carbocycles. The van der Waals surface area contributed by atoms with Crippen LogP contribution in [0, 0.1) is 0 Å². The molecule has 1 aromatic heterocycles. The molecule has 0 fully saturated rings. The van der Waals surface area contributed by atoms with Crippen LogP contribution in [-0.2, 0) is 0 Å². The molecule has 0 aliphatic heterocycles. The number of fused-ring (bicyclic) bond motifs is 2. The van der Waals surface area contributed by atoms with Crippen LogP contribution >= 0.6 is 0 Å². The van der Waals surface area contributed by atoms with Crippen molar-refractivity contribution >= 4 is 40.9 Å². The number of benzene rings is 2. The Balaban J connectivity index is 0.000000853. The molecule has 0 unspecified atom stereocenters. The van der Waals surface area contributed by atoms with E-state index in [1.54, 1.807) is 0 Å². The molecule has 0 aliphatic carbocycles. The van der Waals surface area contributed by atoms with Crippen LogP contribution in [0.25, 0.3) is 22.1 Å². The molecule has 68 valence electrons. The topological polar surface area (TPSA) is 25.8 Å². The molecule has 2 nitrogen and oxygen atoms in total. The minimum Gasteiger partial charge on any atom is -0.245 e. The van der Waals surface area contributed by atoms with Crippen LogP contribution < -0.4 is 0 Å². The van der Waals surface area contributed by atoms with E-state index in [0.29, 0.717) is 0 Å². The van der Waals surface area contributed by atoms with Gasteiger partial charge >= 0.3 is 18.9 Å². The van der Waals surface area contributed by atoms with Crippen molar-refractivity contribution in [1.29, 1.82) is 0 Å². The molecular formula is C12H9LiN2. The van der Waals surface area contributed by atoms with E-state index in [2.05, 4.69) is 9.97 Å². The Kier molecular flexibility index (Phi) is 2.72. The predicted octanol–water partition coefficient (Wildman–Crippen LogP) is 2.13. The van der Waals surface area contributed by atoms with Crippen molar-refractivity contribution in [3.63, 3.8) is 0 Å². The van der Waals surface area contributed by atoms with Gasteiger partial charge in [0, 0.05) is 0 Å². The normalized spacial score (nSPS) is 10.1. The molecule has 3 aromatic rings. The first-order chi connectivity index (χ1) is 6.93. The van der Waals surface area contributed by atoms with Crippen molar-refractivity contribution in [2.24, 2.45) is 0 Å². The summed E-state index contributed by atoms with van der Waals surface area (Å²) >= 11 is 0. The molecule has 0 atom stereocenters. The van der Waals surface area contributed by atoms with Gasteiger partial charge in [-0.2, -0.15) is 0 Å². The van der Waals surface area contributed by atoms with E-state index in [4.69, 9.17) is 0 Å². The van der Waals surface area contributed by atoms with Crippen LogP contribution in [-0.4, -0.2) is 28.8 Å². The predicted molar refractivity (Wildman–Crippen MR) is 64.2 cm³/mol. The van der Waals surface area contributed by atoms with Crippen LogP contribution in [0.15, 0.2) is 48.5 Å². The quantitative estimate of drug-likeness (QED) is 0.399. The average molecular weight is 188 g/mol. The van der Waals surface area contributed by atoms with E-state index in [-0.39, 0.29) is 18.9 Å². The first-order valence-electron chi connectivity index (χ1n) is 4.55. The van der Waals surface area contributed by atoms with Gasteiger partial charge in [0.25, 0.3) is 0 Å². The first kappa shape index (κ1) is 10.2. The Morgan fingerprint density at radius 1 is 0.533 bits per heavy atom. The van der Waals surface area contributed by atoms with E-state index in [1.807, 2.05) is 48.5 Å². The Morgan fingerprint density at radius 2 is 0.800 bits per heavy atom. The molecule has 0 saturated heterocycles. The fourth-order valence-electron chi connectivity index (χ4n) is 1.57. The van der Waals surface area contributed by atoms with Crippen molar-refractivity contribution < 1.29 is 0 Å². The van der Waals surface area contributed by atoms with E-state index >= 15 is 0 Å². The van der Waals surface area contributed by atoms with Crippen molar-refractivity contribution in [1.82, 2.24) is 9.97 Å². The number of hydrogen-bond acceptors (Lipinski definition) is 2. The van der Waals surface area contributed by atoms with Gasteiger partial charge in [-0.25, -0.2) is 9.97 Å². The molecule has 15 heavy (non-hydrogen) atoms. The fraction of sp³-hybridized carbons (Fsp3) is 0. The van der Waals surface area contributed by atoms with Crippen LogP contribution in [0.3, 0.4) is 0 Å². The Morgan fingerprint density at radius 3 is 1.07 bits per heavy atom. The summed E-state index contributed by atoms with van der Waals surface area (Å²) in [6.45, 7) is 0. The van der Waals surface area contributed by atoms with Crippen molar-refractivity contribution in [3.8, 4) is 0 Å². The van der Waals surface area contributed by atoms with Gasteiger partial charge in [-0.05, 0) is 24.3 Å². The number of nitrogens with zero attached hydrogens (tertiary/aromatic N) is 2. The Labute approximate surface area is 99.5 Å². The third-order valence-electron chi connectivity index (χ3n) is 2.25. The molecule has 0 spiro atoms. The number of para-hydroxylation sites is 4. The summed E-state index contributed by atoms with van der Waals surface area (Å²) in [6, 6.07) is 15.8. The van der Waals surface area contributed by atoms with E-state index in [0.717, 1.165) is 22.1 Å². The minimum atomic E-state index is 0.